The average molecular weight is 214 g/mol. The molecule has 16 heavy (non-hydrogen) atoms. The quantitative estimate of drug-likeness (QED) is 0.776. The first-order valence-corrected chi connectivity index (χ1v) is 5.31. The molecule has 0 atom stereocenters. The summed E-state index contributed by atoms with van der Waals surface area (Å²) < 4.78 is 13.2. The van der Waals surface area contributed by atoms with Crippen LogP contribution in [0.4, 0.5) is 4.39 Å². The number of imidazole rings is 1. The van der Waals surface area contributed by atoms with Crippen LogP contribution in [-0.2, 0) is 6.42 Å². The smallest absolute Gasteiger partial charge is 0.123 e. The Labute approximate surface area is 92.8 Å². The van der Waals surface area contributed by atoms with Crippen LogP contribution >= 0.6 is 0 Å². The van der Waals surface area contributed by atoms with Crippen LogP contribution in [0.2, 0.25) is 0 Å². The summed E-state index contributed by atoms with van der Waals surface area (Å²) in [5.74, 6) is -0.170. The SMILES string of the molecule is Fc1ccc2c(c1)/C(=C\c1cnc[nH]1)CC2. The van der Waals surface area contributed by atoms with E-state index in [0.717, 1.165) is 24.1 Å². The topological polar surface area (TPSA) is 28.7 Å². The largest absolute Gasteiger partial charge is 0.345 e. The fourth-order valence-corrected chi connectivity index (χ4v) is 2.15. The number of benzene rings is 1. The van der Waals surface area contributed by atoms with E-state index >= 15 is 0 Å². The molecular weight excluding hydrogens is 203 g/mol. The molecule has 1 aliphatic carbocycles. The van der Waals surface area contributed by atoms with Crippen molar-refractivity contribution < 1.29 is 4.39 Å². The predicted molar refractivity (Wildman–Crippen MR) is 61.2 cm³/mol. The third-order valence-corrected chi connectivity index (χ3v) is 2.93. The fourth-order valence-electron chi connectivity index (χ4n) is 2.15. The zero-order valence-corrected chi connectivity index (χ0v) is 8.70. The lowest BCUT2D eigenvalue weighted by atomic mass is 10.1. The van der Waals surface area contributed by atoms with Gasteiger partial charge in [-0.05, 0) is 47.8 Å². The summed E-state index contributed by atoms with van der Waals surface area (Å²) in [5.41, 5.74) is 4.41. The lowest BCUT2D eigenvalue weighted by Gasteiger charge is -2.00. The van der Waals surface area contributed by atoms with Gasteiger partial charge in [0.1, 0.15) is 5.82 Å². The molecule has 80 valence electrons. The number of aromatic nitrogens is 2. The number of H-pyrrole nitrogens is 1. The van der Waals surface area contributed by atoms with Crippen LogP contribution < -0.4 is 0 Å². The lowest BCUT2D eigenvalue weighted by molar-refractivity contribution is 0.627. The van der Waals surface area contributed by atoms with Gasteiger partial charge in [0.05, 0.1) is 18.2 Å². The molecule has 1 heterocycles. The monoisotopic (exact) mass is 214 g/mol. The van der Waals surface area contributed by atoms with Gasteiger partial charge in [0.2, 0.25) is 0 Å². The van der Waals surface area contributed by atoms with Crippen LogP contribution in [0.1, 0.15) is 23.2 Å². The third-order valence-electron chi connectivity index (χ3n) is 2.93. The van der Waals surface area contributed by atoms with Crippen molar-refractivity contribution in [3.63, 3.8) is 0 Å². The van der Waals surface area contributed by atoms with Crippen molar-refractivity contribution in [3.8, 4) is 0 Å². The van der Waals surface area contributed by atoms with Gasteiger partial charge < -0.3 is 4.98 Å². The van der Waals surface area contributed by atoms with Gasteiger partial charge in [-0.25, -0.2) is 9.37 Å². The molecule has 3 heteroatoms. The van der Waals surface area contributed by atoms with Crippen molar-refractivity contribution in [2.24, 2.45) is 0 Å². The van der Waals surface area contributed by atoms with Gasteiger partial charge in [0.15, 0.2) is 0 Å². The molecule has 0 aliphatic heterocycles. The first-order chi connectivity index (χ1) is 7.83. The average Bonchev–Trinajstić information content (AvgIpc) is 2.90. The van der Waals surface area contributed by atoms with Crippen molar-refractivity contribution in [2.75, 3.05) is 0 Å². The number of nitrogens with zero attached hydrogens (tertiary/aromatic N) is 1. The second-order valence-electron chi connectivity index (χ2n) is 3.98. The van der Waals surface area contributed by atoms with Gasteiger partial charge >= 0.3 is 0 Å². The Balaban J connectivity index is 2.05. The summed E-state index contributed by atoms with van der Waals surface area (Å²) in [4.78, 5) is 6.99. The minimum Gasteiger partial charge on any atom is -0.345 e. The summed E-state index contributed by atoms with van der Waals surface area (Å²) in [5, 5.41) is 0. The van der Waals surface area contributed by atoms with Crippen LogP contribution in [0, 0.1) is 5.82 Å². The Kier molecular flexibility index (Phi) is 2.10. The number of aromatic amines is 1. The molecule has 0 spiro atoms. The van der Waals surface area contributed by atoms with Gasteiger partial charge in [-0.3, -0.25) is 0 Å². The van der Waals surface area contributed by atoms with Gasteiger partial charge in [-0.1, -0.05) is 6.07 Å². The molecule has 0 unspecified atom stereocenters. The number of fused-ring (bicyclic) bond motifs is 1. The van der Waals surface area contributed by atoms with Crippen molar-refractivity contribution in [2.45, 2.75) is 12.8 Å². The number of rotatable bonds is 1. The van der Waals surface area contributed by atoms with Crippen LogP contribution in [0.15, 0.2) is 30.7 Å². The van der Waals surface area contributed by atoms with Crippen LogP contribution in [0.3, 0.4) is 0 Å². The van der Waals surface area contributed by atoms with Gasteiger partial charge in [0, 0.05) is 0 Å². The second-order valence-corrected chi connectivity index (χ2v) is 3.98. The molecule has 1 N–H and O–H groups in total. The predicted octanol–water partition coefficient (Wildman–Crippen LogP) is 3.04. The van der Waals surface area contributed by atoms with Gasteiger partial charge in [0.25, 0.3) is 0 Å². The Hall–Kier alpha value is -1.90. The molecule has 0 bridgehead atoms. The Morgan fingerprint density at radius 1 is 1.31 bits per heavy atom. The lowest BCUT2D eigenvalue weighted by Crippen LogP contribution is -1.83. The molecule has 2 aromatic rings. The number of aryl methyl sites for hydroxylation is 1. The zero-order chi connectivity index (χ0) is 11.0. The summed E-state index contributed by atoms with van der Waals surface area (Å²) in [7, 11) is 0. The Morgan fingerprint density at radius 3 is 3.06 bits per heavy atom. The number of hydrogen-bond acceptors (Lipinski definition) is 1. The summed E-state index contributed by atoms with van der Waals surface area (Å²) in [6.07, 6.45) is 7.42. The summed E-state index contributed by atoms with van der Waals surface area (Å²) in [6.45, 7) is 0. The van der Waals surface area contributed by atoms with E-state index in [9.17, 15) is 4.39 Å². The first-order valence-electron chi connectivity index (χ1n) is 5.31. The van der Waals surface area contributed by atoms with E-state index in [1.165, 1.54) is 17.2 Å². The standard InChI is InChI=1S/C13H11FN2/c14-11-4-3-9-1-2-10(13(9)6-11)5-12-7-15-8-16-12/h3-8H,1-2H2,(H,15,16)/b10-5-. The molecular formula is C13H11FN2. The third kappa shape index (κ3) is 1.54. The molecule has 1 aliphatic rings. The highest BCUT2D eigenvalue weighted by atomic mass is 19.1. The maximum absolute atomic E-state index is 13.2. The molecule has 3 rings (SSSR count). The van der Waals surface area contributed by atoms with E-state index in [4.69, 9.17) is 0 Å². The van der Waals surface area contributed by atoms with E-state index in [-0.39, 0.29) is 5.82 Å². The summed E-state index contributed by atoms with van der Waals surface area (Å²) in [6, 6.07) is 5.01. The number of allylic oxidation sites excluding steroid dienone is 1. The van der Waals surface area contributed by atoms with Crippen molar-refractivity contribution >= 4 is 11.6 Å². The summed E-state index contributed by atoms with van der Waals surface area (Å²) >= 11 is 0. The maximum atomic E-state index is 13.2. The van der Waals surface area contributed by atoms with E-state index in [1.807, 2.05) is 12.1 Å². The molecule has 1 aromatic carbocycles. The molecule has 0 fully saturated rings. The first kappa shape index (κ1) is 9.33. The van der Waals surface area contributed by atoms with Crippen LogP contribution in [0.5, 0.6) is 0 Å². The van der Waals surface area contributed by atoms with Crippen molar-refractivity contribution in [1.82, 2.24) is 9.97 Å². The van der Waals surface area contributed by atoms with Gasteiger partial charge in [-0.2, -0.15) is 0 Å². The zero-order valence-electron chi connectivity index (χ0n) is 8.70. The molecule has 1 aromatic heterocycles. The van der Waals surface area contributed by atoms with Crippen molar-refractivity contribution in [3.05, 3.63) is 53.4 Å². The minimum atomic E-state index is -0.170. The molecule has 0 amide bonds. The second kappa shape index (κ2) is 3.59. The van der Waals surface area contributed by atoms with Crippen molar-refractivity contribution in [1.29, 1.82) is 0 Å². The van der Waals surface area contributed by atoms with E-state index in [1.54, 1.807) is 18.6 Å². The highest BCUT2D eigenvalue weighted by Gasteiger charge is 2.16. The Morgan fingerprint density at radius 2 is 2.25 bits per heavy atom. The molecule has 0 saturated carbocycles. The van der Waals surface area contributed by atoms with Crippen LogP contribution in [-0.4, -0.2) is 9.97 Å². The fraction of sp³-hybridized carbons (Fsp3) is 0.154. The van der Waals surface area contributed by atoms with E-state index in [0.29, 0.717) is 0 Å². The highest BCUT2D eigenvalue weighted by molar-refractivity contribution is 5.84. The van der Waals surface area contributed by atoms with Gasteiger partial charge in [-0.15, -0.1) is 0 Å². The minimum absolute atomic E-state index is 0.170. The number of nitrogens with one attached hydrogen (secondary N) is 1. The number of hydrogen-bond donors (Lipinski definition) is 1. The maximum Gasteiger partial charge on any atom is 0.123 e. The van der Waals surface area contributed by atoms with Crippen LogP contribution in [0.25, 0.3) is 11.6 Å². The Bertz CT molecular complexity index is 541. The van der Waals surface area contributed by atoms with E-state index < -0.39 is 0 Å². The highest BCUT2D eigenvalue weighted by Crippen LogP contribution is 2.33. The number of halogens is 1. The van der Waals surface area contributed by atoms with E-state index in [2.05, 4.69) is 9.97 Å². The molecule has 0 saturated heterocycles. The normalized spacial score (nSPS) is 16.7. The molecule has 2 nitrogen and oxygen atoms in total. The molecule has 0 radical (unpaired) electrons.